The molecule has 2 fully saturated rings. The highest BCUT2D eigenvalue weighted by atomic mass is 19.1. The van der Waals surface area contributed by atoms with Crippen molar-refractivity contribution in [2.75, 3.05) is 36.0 Å². The minimum Gasteiger partial charge on any atom is -0.369 e. The number of hydrogen-bond acceptors (Lipinski definition) is 6. The van der Waals surface area contributed by atoms with Crippen LogP contribution in [0.3, 0.4) is 0 Å². The fraction of sp³-hybridized carbons (Fsp3) is 0.300. The Kier molecular flexibility index (Phi) is 4.98. The van der Waals surface area contributed by atoms with Crippen molar-refractivity contribution in [1.29, 1.82) is 0 Å². The number of nitro benzene ring substituents is 1. The third-order valence-electron chi connectivity index (χ3n) is 5.39. The molecule has 2 aliphatic heterocycles. The molecule has 0 aromatic heterocycles. The van der Waals surface area contributed by atoms with Crippen LogP contribution in [-0.2, 0) is 9.59 Å². The summed E-state index contributed by atoms with van der Waals surface area (Å²) in [6.07, 6.45) is 0.105. The second-order valence-electron chi connectivity index (χ2n) is 7.06. The molecule has 2 aromatic carbocycles. The Morgan fingerprint density at radius 1 is 0.897 bits per heavy atom. The number of carbonyl (C=O) groups is 2. The van der Waals surface area contributed by atoms with Gasteiger partial charge >= 0.3 is 0 Å². The zero-order chi connectivity index (χ0) is 20.5. The molecule has 9 heteroatoms. The molecule has 2 saturated heterocycles. The van der Waals surface area contributed by atoms with E-state index in [9.17, 15) is 24.1 Å². The van der Waals surface area contributed by atoms with Gasteiger partial charge in [-0.05, 0) is 36.4 Å². The van der Waals surface area contributed by atoms with Gasteiger partial charge in [0, 0.05) is 44.0 Å². The second-order valence-corrected chi connectivity index (χ2v) is 7.06. The molecule has 0 N–H and O–H groups in total. The number of non-ortho nitro benzene ring substituents is 1. The first-order valence-corrected chi connectivity index (χ1v) is 9.30. The lowest BCUT2D eigenvalue weighted by Gasteiger charge is -2.38. The Balaban J connectivity index is 1.41. The van der Waals surface area contributed by atoms with Gasteiger partial charge in [0.25, 0.3) is 11.6 Å². The van der Waals surface area contributed by atoms with Gasteiger partial charge in [0.1, 0.15) is 5.82 Å². The molecule has 4 rings (SSSR count). The number of nitrogens with zero attached hydrogens (tertiary/aromatic N) is 4. The summed E-state index contributed by atoms with van der Waals surface area (Å²) in [7, 11) is 0. The number of halogens is 1. The maximum Gasteiger partial charge on any atom is 0.269 e. The average molecular weight is 398 g/mol. The molecule has 8 nitrogen and oxygen atoms in total. The molecule has 0 saturated carbocycles. The Bertz CT molecular complexity index is 940. The number of hydrogen-bond donors (Lipinski definition) is 0. The average Bonchev–Trinajstić information content (AvgIpc) is 3.03. The molecular weight excluding hydrogens is 379 g/mol. The SMILES string of the molecule is O=C1C[C@@H](N2CCN(c3ccc([N+](=O)[O-])cc3)CC2)C(=O)N1c1ccc(F)cc1. The van der Waals surface area contributed by atoms with E-state index in [1.165, 1.54) is 36.4 Å². The highest BCUT2D eigenvalue weighted by Crippen LogP contribution is 2.27. The van der Waals surface area contributed by atoms with Gasteiger partial charge in [-0.3, -0.25) is 24.6 Å². The minimum atomic E-state index is -0.522. The van der Waals surface area contributed by atoms with Crippen LogP contribution >= 0.6 is 0 Å². The lowest BCUT2D eigenvalue weighted by molar-refractivity contribution is -0.384. The van der Waals surface area contributed by atoms with Gasteiger partial charge in [0.05, 0.1) is 23.1 Å². The number of piperazine rings is 1. The maximum absolute atomic E-state index is 13.1. The van der Waals surface area contributed by atoms with Gasteiger partial charge in [-0.2, -0.15) is 0 Å². The molecule has 1 atom stereocenters. The van der Waals surface area contributed by atoms with Gasteiger partial charge in [-0.15, -0.1) is 0 Å². The van der Waals surface area contributed by atoms with Gasteiger partial charge in [-0.25, -0.2) is 9.29 Å². The number of nitro groups is 1. The van der Waals surface area contributed by atoms with Crippen LogP contribution < -0.4 is 9.80 Å². The largest absolute Gasteiger partial charge is 0.369 e. The molecule has 2 aliphatic rings. The van der Waals surface area contributed by atoms with Crippen LogP contribution in [0.25, 0.3) is 0 Å². The Labute approximate surface area is 166 Å². The number of imide groups is 1. The molecule has 2 heterocycles. The van der Waals surface area contributed by atoms with Gasteiger partial charge in [0.2, 0.25) is 5.91 Å². The third kappa shape index (κ3) is 3.68. The Morgan fingerprint density at radius 3 is 2.07 bits per heavy atom. The summed E-state index contributed by atoms with van der Waals surface area (Å²) in [5.41, 5.74) is 1.31. The smallest absolute Gasteiger partial charge is 0.269 e. The minimum absolute atomic E-state index is 0.0448. The highest BCUT2D eigenvalue weighted by Gasteiger charge is 2.43. The normalized spacial score (nSPS) is 20.4. The lowest BCUT2D eigenvalue weighted by Crippen LogP contribution is -2.52. The number of amides is 2. The van der Waals surface area contributed by atoms with E-state index in [4.69, 9.17) is 0 Å². The monoisotopic (exact) mass is 398 g/mol. The van der Waals surface area contributed by atoms with Crippen LogP contribution in [0.5, 0.6) is 0 Å². The van der Waals surface area contributed by atoms with Crippen LogP contribution in [-0.4, -0.2) is 53.9 Å². The van der Waals surface area contributed by atoms with Crippen molar-refractivity contribution in [2.45, 2.75) is 12.5 Å². The number of anilines is 2. The fourth-order valence-electron chi connectivity index (χ4n) is 3.84. The van der Waals surface area contributed by atoms with E-state index in [1.807, 2.05) is 4.90 Å². The predicted octanol–water partition coefficient (Wildman–Crippen LogP) is 2.19. The molecule has 2 aromatic rings. The maximum atomic E-state index is 13.1. The third-order valence-corrected chi connectivity index (χ3v) is 5.39. The molecule has 0 bridgehead atoms. The summed E-state index contributed by atoms with van der Waals surface area (Å²) in [5.74, 6) is -0.999. The van der Waals surface area contributed by atoms with Crippen molar-refractivity contribution in [1.82, 2.24) is 4.90 Å². The summed E-state index contributed by atoms with van der Waals surface area (Å²) in [6.45, 7) is 2.48. The Morgan fingerprint density at radius 2 is 1.48 bits per heavy atom. The first-order chi connectivity index (χ1) is 13.9. The van der Waals surface area contributed by atoms with Crippen molar-refractivity contribution in [3.8, 4) is 0 Å². The molecule has 0 unspecified atom stereocenters. The van der Waals surface area contributed by atoms with Crippen LogP contribution in [0.4, 0.5) is 21.5 Å². The van der Waals surface area contributed by atoms with E-state index in [0.717, 1.165) is 10.6 Å². The highest BCUT2D eigenvalue weighted by molar-refractivity contribution is 6.22. The summed E-state index contributed by atoms with van der Waals surface area (Å²) >= 11 is 0. The van der Waals surface area contributed by atoms with E-state index < -0.39 is 16.8 Å². The Hall–Kier alpha value is -3.33. The molecule has 0 aliphatic carbocycles. The van der Waals surface area contributed by atoms with E-state index in [-0.39, 0.29) is 23.9 Å². The summed E-state index contributed by atoms with van der Waals surface area (Å²) < 4.78 is 13.1. The van der Waals surface area contributed by atoms with Gasteiger partial charge in [0.15, 0.2) is 0 Å². The van der Waals surface area contributed by atoms with E-state index in [0.29, 0.717) is 31.9 Å². The van der Waals surface area contributed by atoms with E-state index >= 15 is 0 Å². The molecule has 150 valence electrons. The first-order valence-electron chi connectivity index (χ1n) is 9.30. The number of carbonyl (C=O) groups excluding carboxylic acids is 2. The van der Waals surface area contributed by atoms with Crippen molar-refractivity contribution >= 4 is 28.9 Å². The molecule has 2 amide bonds. The molecular formula is C20H19FN4O4. The van der Waals surface area contributed by atoms with Crippen LogP contribution in [0.15, 0.2) is 48.5 Å². The second kappa shape index (κ2) is 7.59. The van der Waals surface area contributed by atoms with Crippen LogP contribution in [0.2, 0.25) is 0 Å². The zero-order valence-electron chi connectivity index (χ0n) is 15.5. The van der Waals surface area contributed by atoms with Crippen molar-refractivity contribution < 1.29 is 18.9 Å². The first kappa shape index (κ1) is 19.0. The van der Waals surface area contributed by atoms with Crippen LogP contribution in [0, 0.1) is 15.9 Å². The van der Waals surface area contributed by atoms with Crippen LogP contribution in [0.1, 0.15) is 6.42 Å². The van der Waals surface area contributed by atoms with Gasteiger partial charge in [-0.1, -0.05) is 0 Å². The molecule has 29 heavy (non-hydrogen) atoms. The topological polar surface area (TPSA) is 87.0 Å². The predicted molar refractivity (Wildman–Crippen MR) is 104 cm³/mol. The quantitative estimate of drug-likeness (QED) is 0.446. The molecule has 0 spiro atoms. The van der Waals surface area contributed by atoms with E-state index in [1.54, 1.807) is 12.1 Å². The number of rotatable bonds is 4. The van der Waals surface area contributed by atoms with Crippen molar-refractivity contribution in [3.63, 3.8) is 0 Å². The lowest BCUT2D eigenvalue weighted by atomic mass is 10.1. The van der Waals surface area contributed by atoms with Crippen molar-refractivity contribution in [2.24, 2.45) is 0 Å². The summed E-state index contributed by atoms with van der Waals surface area (Å²) in [5, 5.41) is 10.8. The molecule has 0 radical (unpaired) electrons. The zero-order valence-corrected chi connectivity index (χ0v) is 15.5. The summed E-state index contributed by atoms with van der Waals surface area (Å²) in [4.78, 5) is 40.8. The summed E-state index contributed by atoms with van der Waals surface area (Å²) in [6, 6.07) is 11.2. The number of benzene rings is 2. The van der Waals surface area contributed by atoms with Gasteiger partial charge < -0.3 is 4.90 Å². The van der Waals surface area contributed by atoms with E-state index in [2.05, 4.69) is 4.90 Å². The standard InChI is InChI=1S/C20H19FN4O4/c21-14-1-3-16(4-2-14)24-19(26)13-18(20(24)27)23-11-9-22(10-12-23)15-5-7-17(8-6-15)25(28)29/h1-8,18H,9-13H2/t18-/m1/s1. The fourth-order valence-corrected chi connectivity index (χ4v) is 3.84. The van der Waals surface area contributed by atoms with Crippen molar-refractivity contribution in [3.05, 3.63) is 64.5 Å².